The van der Waals surface area contributed by atoms with Gasteiger partial charge >= 0.3 is 0 Å². The van der Waals surface area contributed by atoms with Crippen LogP contribution in [0.3, 0.4) is 0 Å². The Bertz CT molecular complexity index is 256. The van der Waals surface area contributed by atoms with Crippen molar-refractivity contribution in [1.29, 1.82) is 0 Å². The molecule has 23 heavy (non-hydrogen) atoms. The zero-order valence-electron chi connectivity index (χ0n) is 15.9. The minimum atomic E-state index is -1.02. The second kappa shape index (κ2) is 13.2. The van der Waals surface area contributed by atoms with Gasteiger partial charge in [0.15, 0.2) is 0 Å². The number of aliphatic hydroxyl groups excluding tert-OH is 1. The van der Waals surface area contributed by atoms with Gasteiger partial charge in [0, 0.05) is 6.61 Å². The molecule has 1 atom stereocenters. The molecule has 1 unspecified atom stereocenters. The van der Waals surface area contributed by atoms with Gasteiger partial charge in [-0.15, -0.1) is 0 Å². The van der Waals surface area contributed by atoms with Crippen LogP contribution in [0.25, 0.3) is 0 Å². The topological polar surface area (TPSA) is 60.7 Å². The molecule has 3 nitrogen and oxygen atoms in total. The maximum atomic E-state index is 10.2. The summed E-state index contributed by atoms with van der Waals surface area (Å²) in [6.07, 6.45) is 16.8. The summed E-state index contributed by atoms with van der Waals surface area (Å²) in [5.74, 6) is 0. The quantitative estimate of drug-likeness (QED) is 0.350. The molecule has 0 rings (SSSR count). The fraction of sp³-hybridized carbons (Fsp3) is 1.00. The fourth-order valence-electron chi connectivity index (χ4n) is 2.83. The summed E-state index contributed by atoms with van der Waals surface area (Å²) >= 11 is 0. The first-order chi connectivity index (χ1) is 10.8. The van der Waals surface area contributed by atoms with Gasteiger partial charge in [-0.05, 0) is 33.6 Å². The van der Waals surface area contributed by atoms with E-state index in [0.717, 1.165) is 19.3 Å². The van der Waals surface area contributed by atoms with E-state index in [-0.39, 0.29) is 0 Å². The predicted octanol–water partition coefficient (Wildman–Crippen LogP) is 4.96. The molecule has 0 amide bonds. The van der Waals surface area contributed by atoms with Crippen LogP contribution in [0.5, 0.6) is 0 Å². The normalized spacial score (nSPS) is 14.9. The van der Waals surface area contributed by atoms with Crippen LogP contribution in [-0.2, 0) is 0 Å². The van der Waals surface area contributed by atoms with Gasteiger partial charge in [-0.2, -0.15) is 0 Å². The lowest BCUT2D eigenvalue weighted by molar-refractivity contribution is -0.124. The largest absolute Gasteiger partial charge is 0.396 e. The fourth-order valence-corrected chi connectivity index (χ4v) is 2.83. The molecule has 0 aromatic carbocycles. The van der Waals surface area contributed by atoms with E-state index in [1.807, 2.05) is 0 Å². The van der Waals surface area contributed by atoms with Crippen LogP contribution in [-0.4, -0.2) is 33.1 Å². The highest BCUT2D eigenvalue weighted by atomic mass is 16.3. The first-order valence-corrected chi connectivity index (χ1v) is 9.87. The lowest BCUT2D eigenvalue weighted by Gasteiger charge is -2.35. The Morgan fingerprint density at radius 2 is 0.826 bits per heavy atom. The van der Waals surface area contributed by atoms with Crippen LogP contribution in [0, 0.1) is 0 Å². The van der Waals surface area contributed by atoms with Crippen molar-refractivity contribution in [2.24, 2.45) is 0 Å². The highest BCUT2D eigenvalue weighted by molar-refractivity contribution is 4.89. The molecule has 0 aliphatic heterocycles. The van der Waals surface area contributed by atoms with Crippen molar-refractivity contribution in [3.63, 3.8) is 0 Å². The average molecular weight is 331 g/mol. The molecule has 0 heterocycles. The number of aliphatic hydroxyl groups is 3. The van der Waals surface area contributed by atoms with Crippen molar-refractivity contribution in [2.45, 2.75) is 122 Å². The Hall–Kier alpha value is -0.120. The minimum Gasteiger partial charge on any atom is -0.396 e. The molecule has 0 bridgehead atoms. The summed E-state index contributed by atoms with van der Waals surface area (Å²) in [5.41, 5.74) is -2.00. The van der Waals surface area contributed by atoms with Gasteiger partial charge in [0.25, 0.3) is 0 Å². The number of hydrogen-bond donors (Lipinski definition) is 3. The van der Waals surface area contributed by atoms with E-state index in [1.165, 1.54) is 64.2 Å². The van der Waals surface area contributed by atoms with E-state index in [0.29, 0.717) is 13.0 Å². The first kappa shape index (κ1) is 22.9. The van der Waals surface area contributed by atoms with Crippen LogP contribution in [0.15, 0.2) is 0 Å². The molecule has 3 N–H and O–H groups in total. The van der Waals surface area contributed by atoms with E-state index in [9.17, 15) is 10.2 Å². The number of rotatable bonds is 16. The summed E-state index contributed by atoms with van der Waals surface area (Å²) in [4.78, 5) is 0. The molecule has 0 aliphatic rings. The zero-order valence-corrected chi connectivity index (χ0v) is 15.9. The van der Waals surface area contributed by atoms with Crippen molar-refractivity contribution in [3.8, 4) is 0 Å². The first-order valence-electron chi connectivity index (χ1n) is 9.87. The second-order valence-corrected chi connectivity index (χ2v) is 7.90. The summed E-state index contributed by atoms with van der Waals surface area (Å²) in [6, 6.07) is 0. The summed E-state index contributed by atoms with van der Waals surface area (Å²) in [6.45, 7) is 5.44. The molecule has 0 saturated heterocycles. The third-order valence-corrected chi connectivity index (χ3v) is 5.14. The number of hydrogen-bond acceptors (Lipinski definition) is 3. The van der Waals surface area contributed by atoms with E-state index in [1.54, 1.807) is 20.8 Å². The van der Waals surface area contributed by atoms with Gasteiger partial charge in [-0.25, -0.2) is 0 Å². The van der Waals surface area contributed by atoms with E-state index in [4.69, 9.17) is 5.11 Å². The SMILES string of the molecule is CC(C)(O)C(C)(O)CCCCCCCCCCCCCCCO. The monoisotopic (exact) mass is 330 g/mol. The van der Waals surface area contributed by atoms with E-state index in [2.05, 4.69) is 0 Å². The zero-order chi connectivity index (χ0) is 17.6. The molecule has 0 radical (unpaired) electrons. The van der Waals surface area contributed by atoms with Gasteiger partial charge in [0.05, 0.1) is 11.2 Å². The van der Waals surface area contributed by atoms with Crippen LogP contribution in [0.1, 0.15) is 111 Å². The molecular formula is C20H42O3. The maximum absolute atomic E-state index is 10.2. The van der Waals surface area contributed by atoms with Crippen molar-refractivity contribution in [1.82, 2.24) is 0 Å². The smallest absolute Gasteiger partial charge is 0.0900 e. The summed E-state index contributed by atoms with van der Waals surface area (Å²) in [7, 11) is 0. The predicted molar refractivity (Wildman–Crippen MR) is 98.6 cm³/mol. The van der Waals surface area contributed by atoms with Crippen LogP contribution >= 0.6 is 0 Å². The molecule has 0 saturated carbocycles. The molecule has 3 heteroatoms. The maximum Gasteiger partial charge on any atom is 0.0900 e. The Balaban J connectivity index is 3.25. The Morgan fingerprint density at radius 3 is 1.13 bits per heavy atom. The summed E-state index contributed by atoms with van der Waals surface area (Å²) < 4.78 is 0. The molecule has 0 spiro atoms. The van der Waals surface area contributed by atoms with E-state index >= 15 is 0 Å². The highest BCUT2D eigenvalue weighted by Gasteiger charge is 2.36. The van der Waals surface area contributed by atoms with Gasteiger partial charge in [-0.3, -0.25) is 0 Å². The standard InChI is InChI=1S/C20H42O3/c1-19(2,22)20(3,23)17-15-13-11-9-7-5-4-6-8-10-12-14-16-18-21/h21-23H,4-18H2,1-3H3. The van der Waals surface area contributed by atoms with Gasteiger partial charge in [-0.1, -0.05) is 77.0 Å². The van der Waals surface area contributed by atoms with Crippen molar-refractivity contribution in [3.05, 3.63) is 0 Å². The van der Waals surface area contributed by atoms with Gasteiger partial charge < -0.3 is 15.3 Å². The second-order valence-electron chi connectivity index (χ2n) is 7.90. The van der Waals surface area contributed by atoms with Crippen molar-refractivity contribution < 1.29 is 15.3 Å². The minimum absolute atomic E-state index is 0.343. The highest BCUT2D eigenvalue weighted by Crippen LogP contribution is 2.27. The van der Waals surface area contributed by atoms with Crippen molar-refractivity contribution in [2.75, 3.05) is 6.61 Å². The van der Waals surface area contributed by atoms with Crippen LogP contribution in [0.2, 0.25) is 0 Å². The number of unbranched alkanes of at least 4 members (excludes halogenated alkanes) is 12. The van der Waals surface area contributed by atoms with Crippen LogP contribution in [0.4, 0.5) is 0 Å². The summed E-state index contributed by atoms with van der Waals surface area (Å²) in [5, 5.41) is 28.8. The molecule has 140 valence electrons. The lowest BCUT2D eigenvalue weighted by atomic mass is 9.83. The molecule has 0 aromatic rings. The Kier molecular flexibility index (Phi) is 13.1. The van der Waals surface area contributed by atoms with Crippen LogP contribution < -0.4 is 0 Å². The van der Waals surface area contributed by atoms with Gasteiger partial charge in [0.1, 0.15) is 0 Å². The molecule has 0 aliphatic carbocycles. The third kappa shape index (κ3) is 12.9. The van der Waals surface area contributed by atoms with E-state index < -0.39 is 11.2 Å². The molecule has 0 fully saturated rings. The lowest BCUT2D eigenvalue weighted by Crippen LogP contribution is -2.47. The molecular weight excluding hydrogens is 288 g/mol. The molecule has 0 aromatic heterocycles. The van der Waals surface area contributed by atoms with Crippen molar-refractivity contribution >= 4 is 0 Å². The average Bonchev–Trinajstić information content (AvgIpc) is 2.46. The Morgan fingerprint density at radius 1 is 0.522 bits per heavy atom. The van der Waals surface area contributed by atoms with Gasteiger partial charge in [0.2, 0.25) is 0 Å². The Labute approximate surface area is 144 Å². The third-order valence-electron chi connectivity index (χ3n) is 5.14.